The SMILES string of the molecule is O=C(NCCc1ccccc1)N1CC(N2CCC(Cc3ccccc3)CC2)C1. The standard InChI is InChI=1S/C24H31N3O/c28-24(25-14-11-20-7-3-1-4-8-20)27-18-23(19-27)26-15-12-22(13-16-26)17-21-9-5-2-6-10-21/h1-10,22-23H,11-19H2,(H,25,28). The maximum Gasteiger partial charge on any atom is 0.317 e. The molecule has 0 aliphatic carbocycles. The number of hydrogen-bond acceptors (Lipinski definition) is 2. The Bertz CT molecular complexity index is 735. The highest BCUT2D eigenvalue weighted by atomic mass is 16.2. The third-order valence-corrected chi connectivity index (χ3v) is 6.21. The third kappa shape index (κ3) is 4.93. The van der Waals surface area contributed by atoms with Crippen LogP contribution in [0.15, 0.2) is 60.7 Å². The summed E-state index contributed by atoms with van der Waals surface area (Å²) in [7, 11) is 0. The molecule has 2 heterocycles. The molecular formula is C24H31N3O. The van der Waals surface area contributed by atoms with Gasteiger partial charge in [0.1, 0.15) is 0 Å². The van der Waals surface area contributed by atoms with Crippen LogP contribution in [-0.2, 0) is 12.8 Å². The molecule has 1 N–H and O–H groups in total. The fourth-order valence-corrected chi connectivity index (χ4v) is 4.39. The second-order valence-electron chi connectivity index (χ2n) is 8.20. The zero-order valence-electron chi connectivity index (χ0n) is 16.6. The molecule has 148 valence electrons. The van der Waals surface area contributed by atoms with Gasteiger partial charge in [-0.1, -0.05) is 60.7 Å². The second kappa shape index (κ2) is 9.24. The number of rotatable bonds is 6. The predicted octanol–water partition coefficient (Wildman–Crippen LogP) is 3.58. The van der Waals surface area contributed by atoms with Gasteiger partial charge in [-0.2, -0.15) is 0 Å². The van der Waals surface area contributed by atoms with Crippen molar-refractivity contribution in [2.45, 2.75) is 31.7 Å². The van der Waals surface area contributed by atoms with E-state index in [-0.39, 0.29) is 6.03 Å². The fourth-order valence-electron chi connectivity index (χ4n) is 4.39. The first-order valence-electron chi connectivity index (χ1n) is 10.6. The van der Waals surface area contributed by atoms with Crippen molar-refractivity contribution < 1.29 is 4.79 Å². The van der Waals surface area contributed by atoms with Gasteiger partial charge in [0.15, 0.2) is 0 Å². The van der Waals surface area contributed by atoms with Crippen LogP contribution in [0.2, 0.25) is 0 Å². The first kappa shape index (κ1) is 19.0. The zero-order valence-corrected chi connectivity index (χ0v) is 16.6. The molecule has 0 aromatic heterocycles. The lowest BCUT2D eigenvalue weighted by Gasteiger charge is -2.47. The molecular weight excluding hydrogens is 346 g/mol. The molecule has 2 aromatic rings. The minimum Gasteiger partial charge on any atom is -0.338 e. The van der Waals surface area contributed by atoms with Crippen molar-refractivity contribution >= 4 is 6.03 Å². The van der Waals surface area contributed by atoms with Crippen LogP contribution in [0, 0.1) is 5.92 Å². The van der Waals surface area contributed by atoms with E-state index < -0.39 is 0 Å². The molecule has 2 saturated heterocycles. The summed E-state index contributed by atoms with van der Waals surface area (Å²) >= 11 is 0. The number of urea groups is 1. The Kier molecular flexibility index (Phi) is 6.27. The maximum atomic E-state index is 12.3. The van der Waals surface area contributed by atoms with Crippen molar-refractivity contribution in [2.24, 2.45) is 5.92 Å². The number of carbonyl (C=O) groups is 1. The number of likely N-dealkylation sites (tertiary alicyclic amines) is 2. The molecule has 2 aliphatic heterocycles. The molecule has 0 bridgehead atoms. The topological polar surface area (TPSA) is 35.6 Å². The Balaban J connectivity index is 1.12. The van der Waals surface area contributed by atoms with Gasteiger partial charge in [0.25, 0.3) is 0 Å². The largest absolute Gasteiger partial charge is 0.338 e. The lowest BCUT2D eigenvalue weighted by atomic mass is 9.89. The summed E-state index contributed by atoms with van der Waals surface area (Å²) in [4.78, 5) is 16.8. The molecule has 0 atom stereocenters. The van der Waals surface area contributed by atoms with E-state index >= 15 is 0 Å². The van der Waals surface area contributed by atoms with Gasteiger partial charge in [0.05, 0.1) is 0 Å². The van der Waals surface area contributed by atoms with E-state index in [1.807, 2.05) is 23.1 Å². The Morgan fingerprint density at radius 3 is 2.14 bits per heavy atom. The van der Waals surface area contributed by atoms with Crippen LogP contribution in [0.5, 0.6) is 0 Å². The van der Waals surface area contributed by atoms with Crippen molar-refractivity contribution in [1.82, 2.24) is 15.1 Å². The van der Waals surface area contributed by atoms with Crippen LogP contribution in [0.4, 0.5) is 4.79 Å². The summed E-state index contributed by atoms with van der Waals surface area (Å²) in [5.74, 6) is 0.802. The number of benzene rings is 2. The third-order valence-electron chi connectivity index (χ3n) is 6.21. The van der Waals surface area contributed by atoms with Crippen LogP contribution < -0.4 is 5.32 Å². The molecule has 2 amide bonds. The lowest BCUT2D eigenvalue weighted by molar-refractivity contribution is 0.0348. The molecule has 2 aliphatic rings. The zero-order chi connectivity index (χ0) is 19.2. The minimum absolute atomic E-state index is 0.0890. The summed E-state index contributed by atoms with van der Waals surface area (Å²) in [6.07, 6.45) is 4.64. The monoisotopic (exact) mass is 377 g/mol. The van der Waals surface area contributed by atoms with Gasteiger partial charge in [0.2, 0.25) is 0 Å². The molecule has 2 fully saturated rings. The van der Waals surface area contributed by atoms with Crippen LogP contribution in [0.25, 0.3) is 0 Å². The summed E-state index contributed by atoms with van der Waals surface area (Å²) in [5, 5.41) is 3.06. The molecule has 4 nitrogen and oxygen atoms in total. The second-order valence-corrected chi connectivity index (χ2v) is 8.20. The summed E-state index contributed by atoms with van der Waals surface area (Å²) in [6.45, 7) is 4.80. The summed E-state index contributed by atoms with van der Waals surface area (Å²) in [5.41, 5.74) is 2.73. The van der Waals surface area contributed by atoms with Crippen LogP contribution in [0.1, 0.15) is 24.0 Å². The molecule has 0 saturated carbocycles. The van der Waals surface area contributed by atoms with Gasteiger partial charge in [-0.05, 0) is 55.8 Å². The number of hydrogen-bond donors (Lipinski definition) is 1. The Morgan fingerprint density at radius 1 is 0.893 bits per heavy atom. The van der Waals surface area contributed by atoms with Crippen molar-refractivity contribution in [2.75, 3.05) is 32.7 Å². The van der Waals surface area contributed by atoms with Crippen molar-refractivity contribution in [3.8, 4) is 0 Å². The minimum atomic E-state index is 0.0890. The van der Waals surface area contributed by atoms with Gasteiger partial charge in [0, 0.05) is 25.7 Å². The molecule has 0 unspecified atom stereocenters. The first-order chi connectivity index (χ1) is 13.8. The number of amides is 2. The van der Waals surface area contributed by atoms with Crippen LogP contribution >= 0.6 is 0 Å². The smallest absolute Gasteiger partial charge is 0.317 e. The quantitative estimate of drug-likeness (QED) is 0.835. The van der Waals surface area contributed by atoms with Crippen LogP contribution in [-0.4, -0.2) is 54.6 Å². The average Bonchev–Trinajstić information content (AvgIpc) is 2.70. The van der Waals surface area contributed by atoms with Gasteiger partial charge in [-0.15, -0.1) is 0 Å². The Labute approximate surface area is 168 Å². The van der Waals surface area contributed by atoms with Gasteiger partial charge in [-0.3, -0.25) is 4.90 Å². The van der Waals surface area contributed by atoms with E-state index in [0.717, 1.165) is 25.4 Å². The van der Waals surface area contributed by atoms with E-state index in [0.29, 0.717) is 12.6 Å². The molecule has 2 aromatic carbocycles. The molecule has 0 spiro atoms. The van der Waals surface area contributed by atoms with E-state index in [2.05, 4.69) is 52.7 Å². The van der Waals surface area contributed by atoms with Crippen molar-refractivity contribution in [1.29, 1.82) is 0 Å². The highest BCUT2D eigenvalue weighted by molar-refractivity contribution is 5.75. The molecule has 0 radical (unpaired) electrons. The maximum absolute atomic E-state index is 12.3. The van der Waals surface area contributed by atoms with E-state index in [1.54, 1.807) is 0 Å². The van der Waals surface area contributed by atoms with Crippen molar-refractivity contribution in [3.63, 3.8) is 0 Å². The molecule has 4 rings (SSSR count). The molecule has 4 heteroatoms. The fraction of sp³-hybridized carbons (Fsp3) is 0.458. The van der Waals surface area contributed by atoms with E-state index in [9.17, 15) is 4.79 Å². The number of piperidine rings is 1. The van der Waals surface area contributed by atoms with Gasteiger partial charge < -0.3 is 10.2 Å². The number of nitrogens with zero attached hydrogens (tertiary/aromatic N) is 2. The normalized spacial score (nSPS) is 18.6. The first-order valence-corrected chi connectivity index (χ1v) is 10.6. The highest BCUT2D eigenvalue weighted by Gasteiger charge is 2.36. The van der Waals surface area contributed by atoms with E-state index in [1.165, 1.54) is 43.5 Å². The van der Waals surface area contributed by atoms with Gasteiger partial charge >= 0.3 is 6.03 Å². The van der Waals surface area contributed by atoms with E-state index in [4.69, 9.17) is 0 Å². The number of carbonyl (C=O) groups excluding carboxylic acids is 1. The average molecular weight is 378 g/mol. The van der Waals surface area contributed by atoms with Gasteiger partial charge in [-0.25, -0.2) is 4.79 Å². The van der Waals surface area contributed by atoms with Crippen LogP contribution in [0.3, 0.4) is 0 Å². The summed E-state index contributed by atoms with van der Waals surface area (Å²) in [6, 6.07) is 21.8. The Morgan fingerprint density at radius 2 is 1.50 bits per heavy atom. The number of nitrogens with one attached hydrogen (secondary N) is 1. The Hall–Kier alpha value is -2.33. The molecule has 28 heavy (non-hydrogen) atoms. The van der Waals surface area contributed by atoms with Crippen molar-refractivity contribution in [3.05, 3.63) is 71.8 Å². The predicted molar refractivity (Wildman–Crippen MR) is 113 cm³/mol. The lowest BCUT2D eigenvalue weighted by Crippen LogP contribution is -2.64. The highest BCUT2D eigenvalue weighted by Crippen LogP contribution is 2.25. The summed E-state index contributed by atoms with van der Waals surface area (Å²) < 4.78 is 0.